The summed E-state index contributed by atoms with van der Waals surface area (Å²) in [5.74, 6) is 7.31. The van der Waals surface area contributed by atoms with E-state index in [2.05, 4.69) is 42.0 Å². The summed E-state index contributed by atoms with van der Waals surface area (Å²) >= 11 is 1.77. The summed E-state index contributed by atoms with van der Waals surface area (Å²) in [6, 6.07) is 2.15. The standard InChI is InChI=1S/C15H21NOS/c1-12(2)14-5-6-16(9-14)10-15-8-13(11-18-15)4-3-7-17/h8,11-12,14,17H,5-7,9-10H2,1-2H3. The first-order valence-corrected chi connectivity index (χ1v) is 7.46. The molecule has 2 rings (SSSR count). The minimum Gasteiger partial charge on any atom is -0.384 e. The van der Waals surface area contributed by atoms with E-state index < -0.39 is 0 Å². The Kier molecular flexibility index (Phi) is 4.82. The van der Waals surface area contributed by atoms with Gasteiger partial charge in [0.05, 0.1) is 0 Å². The van der Waals surface area contributed by atoms with Crippen LogP contribution in [-0.2, 0) is 6.54 Å². The Hall–Kier alpha value is -0.820. The Labute approximate surface area is 114 Å². The Bertz CT molecular complexity index is 441. The summed E-state index contributed by atoms with van der Waals surface area (Å²) < 4.78 is 0. The highest BCUT2D eigenvalue weighted by molar-refractivity contribution is 7.10. The zero-order chi connectivity index (χ0) is 13.0. The second-order valence-corrected chi connectivity index (χ2v) is 6.29. The first-order chi connectivity index (χ1) is 8.69. The largest absolute Gasteiger partial charge is 0.384 e. The van der Waals surface area contributed by atoms with Gasteiger partial charge in [-0.3, -0.25) is 4.90 Å². The number of rotatable bonds is 3. The quantitative estimate of drug-likeness (QED) is 0.847. The van der Waals surface area contributed by atoms with Crippen LogP contribution in [0.15, 0.2) is 11.4 Å². The topological polar surface area (TPSA) is 23.5 Å². The minimum absolute atomic E-state index is 0.0621. The second kappa shape index (κ2) is 6.38. The smallest absolute Gasteiger partial charge is 0.104 e. The van der Waals surface area contributed by atoms with Crippen molar-refractivity contribution < 1.29 is 5.11 Å². The van der Waals surface area contributed by atoms with Gasteiger partial charge in [0.25, 0.3) is 0 Å². The van der Waals surface area contributed by atoms with E-state index in [1.165, 1.54) is 24.4 Å². The number of aliphatic hydroxyl groups is 1. The number of likely N-dealkylation sites (tertiary alicyclic amines) is 1. The van der Waals surface area contributed by atoms with E-state index in [4.69, 9.17) is 5.11 Å². The molecule has 0 aliphatic carbocycles. The molecule has 0 bridgehead atoms. The van der Waals surface area contributed by atoms with Crippen LogP contribution in [-0.4, -0.2) is 29.7 Å². The van der Waals surface area contributed by atoms with Crippen LogP contribution in [0.4, 0.5) is 0 Å². The van der Waals surface area contributed by atoms with Crippen molar-refractivity contribution in [2.24, 2.45) is 11.8 Å². The third-order valence-electron chi connectivity index (χ3n) is 3.60. The normalized spacial score (nSPS) is 20.1. The molecule has 1 aromatic rings. The number of thiophene rings is 1. The van der Waals surface area contributed by atoms with Gasteiger partial charge < -0.3 is 5.11 Å². The van der Waals surface area contributed by atoms with Crippen LogP contribution in [0.5, 0.6) is 0 Å². The zero-order valence-electron chi connectivity index (χ0n) is 11.1. The maximum Gasteiger partial charge on any atom is 0.104 e. The summed E-state index contributed by atoms with van der Waals surface area (Å²) in [6.07, 6.45) is 1.33. The van der Waals surface area contributed by atoms with E-state index in [1.807, 2.05) is 0 Å². The third-order valence-corrected chi connectivity index (χ3v) is 4.52. The molecular formula is C15H21NOS. The fourth-order valence-electron chi connectivity index (χ4n) is 2.44. The van der Waals surface area contributed by atoms with Gasteiger partial charge in [0.2, 0.25) is 0 Å². The number of hydrogen-bond acceptors (Lipinski definition) is 3. The Morgan fingerprint density at radius 1 is 1.56 bits per heavy atom. The summed E-state index contributed by atoms with van der Waals surface area (Å²) in [7, 11) is 0. The highest BCUT2D eigenvalue weighted by atomic mass is 32.1. The van der Waals surface area contributed by atoms with Crippen LogP contribution in [0.3, 0.4) is 0 Å². The molecule has 0 amide bonds. The van der Waals surface area contributed by atoms with Crippen molar-refractivity contribution in [3.05, 3.63) is 21.9 Å². The van der Waals surface area contributed by atoms with Gasteiger partial charge in [0, 0.05) is 28.9 Å². The SMILES string of the molecule is CC(C)C1CCN(Cc2cc(C#CCO)cs2)C1. The van der Waals surface area contributed by atoms with E-state index in [1.54, 1.807) is 11.3 Å². The van der Waals surface area contributed by atoms with Crippen LogP contribution in [0.1, 0.15) is 30.7 Å². The van der Waals surface area contributed by atoms with Gasteiger partial charge in [0.1, 0.15) is 6.61 Å². The molecule has 1 aliphatic heterocycles. The number of aliphatic hydroxyl groups excluding tert-OH is 1. The third kappa shape index (κ3) is 3.58. The van der Waals surface area contributed by atoms with Gasteiger partial charge >= 0.3 is 0 Å². The van der Waals surface area contributed by atoms with Crippen LogP contribution >= 0.6 is 11.3 Å². The van der Waals surface area contributed by atoms with Crippen LogP contribution < -0.4 is 0 Å². The van der Waals surface area contributed by atoms with Crippen molar-refractivity contribution in [2.75, 3.05) is 19.7 Å². The predicted octanol–water partition coefficient (Wildman–Crippen LogP) is 2.57. The van der Waals surface area contributed by atoms with Crippen LogP contribution in [0.25, 0.3) is 0 Å². The number of hydrogen-bond donors (Lipinski definition) is 1. The molecular weight excluding hydrogens is 242 g/mol. The van der Waals surface area contributed by atoms with E-state index >= 15 is 0 Å². The van der Waals surface area contributed by atoms with Gasteiger partial charge in [-0.25, -0.2) is 0 Å². The van der Waals surface area contributed by atoms with Crippen molar-refractivity contribution in [2.45, 2.75) is 26.8 Å². The average molecular weight is 263 g/mol. The van der Waals surface area contributed by atoms with Crippen molar-refractivity contribution >= 4 is 11.3 Å². The molecule has 1 fully saturated rings. The van der Waals surface area contributed by atoms with Gasteiger partial charge in [0.15, 0.2) is 0 Å². The van der Waals surface area contributed by atoms with Crippen LogP contribution in [0.2, 0.25) is 0 Å². The molecule has 0 radical (unpaired) electrons. The lowest BCUT2D eigenvalue weighted by Crippen LogP contribution is -2.20. The molecule has 0 saturated carbocycles. The molecule has 1 aliphatic rings. The molecule has 3 heteroatoms. The lowest BCUT2D eigenvalue weighted by Gasteiger charge is -2.16. The van der Waals surface area contributed by atoms with Crippen molar-refractivity contribution in [3.8, 4) is 11.8 Å². The van der Waals surface area contributed by atoms with E-state index in [0.717, 1.165) is 23.9 Å². The number of nitrogens with zero attached hydrogens (tertiary/aromatic N) is 1. The zero-order valence-corrected chi connectivity index (χ0v) is 12.0. The first kappa shape index (κ1) is 13.6. The van der Waals surface area contributed by atoms with Crippen molar-refractivity contribution in [3.63, 3.8) is 0 Å². The van der Waals surface area contributed by atoms with E-state index in [9.17, 15) is 0 Å². The molecule has 0 aromatic carbocycles. The molecule has 98 valence electrons. The van der Waals surface area contributed by atoms with Crippen molar-refractivity contribution in [1.29, 1.82) is 0 Å². The maximum absolute atomic E-state index is 8.67. The molecule has 1 atom stereocenters. The van der Waals surface area contributed by atoms with Crippen LogP contribution in [0, 0.1) is 23.7 Å². The molecule has 0 spiro atoms. The van der Waals surface area contributed by atoms with E-state index in [-0.39, 0.29) is 6.61 Å². The fourth-order valence-corrected chi connectivity index (χ4v) is 3.30. The second-order valence-electron chi connectivity index (χ2n) is 5.29. The summed E-state index contributed by atoms with van der Waals surface area (Å²) in [6.45, 7) is 8.08. The van der Waals surface area contributed by atoms with Gasteiger partial charge in [-0.15, -0.1) is 11.3 Å². The molecule has 2 nitrogen and oxygen atoms in total. The lowest BCUT2D eigenvalue weighted by molar-refractivity contribution is 0.299. The first-order valence-electron chi connectivity index (χ1n) is 6.58. The maximum atomic E-state index is 8.67. The Balaban J connectivity index is 1.89. The van der Waals surface area contributed by atoms with Gasteiger partial charge in [-0.05, 0) is 30.9 Å². The summed E-state index contributed by atoms with van der Waals surface area (Å²) in [5, 5.41) is 10.7. The Morgan fingerprint density at radius 2 is 2.39 bits per heavy atom. The Morgan fingerprint density at radius 3 is 3.06 bits per heavy atom. The molecule has 18 heavy (non-hydrogen) atoms. The van der Waals surface area contributed by atoms with Crippen molar-refractivity contribution in [1.82, 2.24) is 4.90 Å². The summed E-state index contributed by atoms with van der Waals surface area (Å²) in [4.78, 5) is 3.92. The average Bonchev–Trinajstić information content (AvgIpc) is 2.96. The summed E-state index contributed by atoms with van der Waals surface area (Å²) in [5.41, 5.74) is 1.03. The minimum atomic E-state index is -0.0621. The molecule has 1 saturated heterocycles. The lowest BCUT2D eigenvalue weighted by atomic mass is 9.95. The van der Waals surface area contributed by atoms with E-state index in [0.29, 0.717) is 0 Å². The molecule has 2 heterocycles. The molecule has 1 unspecified atom stereocenters. The fraction of sp³-hybridized carbons (Fsp3) is 0.600. The molecule has 1 N–H and O–H groups in total. The highest BCUT2D eigenvalue weighted by Gasteiger charge is 2.24. The molecule has 1 aromatic heterocycles. The predicted molar refractivity (Wildman–Crippen MR) is 76.5 cm³/mol. The van der Waals surface area contributed by atoms with Gasteiger partial charge in [-0.1, -0.05) is 25.7 Å². The van der Waals surface area contributed by atoms with Gasteiger partial charge in [-0.2, -0.15) is 0 Å². The highest BCUT2D eigenvalue weighted by Crippen LogP contribution is 2.26. The monoisotopic (exact) mass is 263 g/mol.